The van der Waals surface area contributed by atoms with Gasteiger partial charge >= 0.3 is 5.97 Å². The Morgan fingerprint density at radius 3 is 2.45 bits per heavy atom. The van der Waals surface area contributed by atoms with Crippen molar-refractivity contribution in [1.29, 1.82) is 0 Å². The molecule has 2 rings (SSSR count). The predicted molar refractivity (Wildman–Crippen MR) is 81.6 cm³/mol. The van der Waals surface area contributed by atoms with Gasteiger partial charge in [0, 0.05) is 10.2 Å². The third kappa shape index (κ3) is 3.04. The predicted octanol–water partition coefficient (Wildman–Crippen LogP) is 3.13. The number of nitrogens with zero attached hydrogens (tertiary/aromatic N) is 3. The van der Waals surface area contributed by atoms with Crippen molar-refractivity contribution in [2.45, 2.75) is 25.9 Å². The van der Waals surface area contributed by atoms with Gasteiger partial charge in [0.1, 0.15) is 5.82 Å². The summed E-state index contributed by atoms with van der Waals surface area (Å²) in [5.41, 5.74) is 3.17. The van der Waals surface area contributed by atoms with Crippen LogP contribution in [-0.4, -0.2) is 31.6 Å². The molecule has 0 atom stereocenters. The fraction of sp³-hybridized carbons (Fsp3) is 0.308. The molecule has 0 amide bonds. The molecule has 0 fully saturated rings. The zero-order valence-electron chi connectivity index (χ0n) is 11.3. The second kappa shape index (κ2) is 5.97. The first-order valence-electron chi connectivity index (χ1n) is 5.94. The van der Waals surface area contributed by atoms with E-state index in [4.69, 9.17) is 5.11 Å². The Morgan fingerprint density at radius 1 is 1.30 bits per heavy atom. The van der Waals surface area contributed by atoms with Crippen molar-refractivity contribution in [2.24, 2.45) is 0 Å². The first-order chi connectivity index (χ1) is 9.40. The van der Waals surface area contributed by atoms with E-state index >= 15 is 0 Å². The van der Waals surface area contributed by atoms with Crippen LogP contribution in [0.15, 0.2) is 21.8 Å². The number of hydrogen-bond donors (Lipinski definition) is 1. The lowest BCUT2D eigenvalue weighted by molar-refractivity contribution is -0.133. The van der Waals surface area contributed by atoms with E-state index in [1.807, 2.05) is 37.5 Å². The van der Waals surface area contributed by atoms with Crippen LogP contribution >= 0.6 is 27.7 Å². The largest absolute Gasteiger partial charge is 0.481 e. The van der Waals surface area contributed by atoms with Gasteiger partial charge in [-0.1, -0.05) is 27.7 Å². The molecule has 0 unspecified atom stereocenters. The lowest BCUT2D eigenvalue weighted by atomic mass is 10.1. The fourth-order valence-electron chi connectivity index (χ4n) is 1.91. The van der Waals surface area contributed by atoms with Crippen molar-refractivity contribution in [1.82, 2.24) is 14.8 Å². The molecule has 0 bridgehead atoms. The molecule has 7 heteroatoms. The summed E-state index contributed by atoms with van der Waals surface area (Å²) in [7, 11) is 0. The van der Waals surface area contributed by atoms with Crippen molar-refractivity contribution < 1.29 is 9.90 Å². The normalized spacial score (nSPS) is 10.8. The number of thioether (sulfide) groups is 1. The highest BCUT2D eigenvalue weighted by Crippen LogP contribution is 2.27. The zero-order chi connectivity index (χ0) is 14.9. The van der Waals surface area contributed by atoms with Crippen molar-refractivity contribution in [2.75, 3.05) is 5.75 Å². The molecule has 0 saturated heterocycles. The molecule has 0 aliphatic heterocycles. The molecule has 0 radical (unpaired) electrons. The van der Waals surface area contributed by atoms with Crippen LogP contribution in [0.1, 0.15) is 17.0 Å². The Bertz CT molecular complexity index is 647. The lowest BCUT2D eigenvalue weighted by Gasteiger charge is -2.11. The SMILES string of the molecule is Cc1cc(-n2c(C)nnc2SCC(=O)O)cc(C)c1Br. The molecule has 0 spiro atoms. The highest BCUT2D eigenvalue weighted by atomic mass is 79.9. The first-order valence-corrected chi connectivity index (χ1v) is 7.71. The summed E-state index contributed by atoms with van der Waals surface area (Å²) < 4.78 is 2.95. The van der Waals surface area contributed by atoms with E-state index in [0.717, 1.165) is 38.9 Å². The van der Waals surface area contributed by atoms with Gasteiger partial charge in [-0.2, -0.15) is 0 Å². The Kier molecular flexibility index (Phi) is 4.49. The Balaban J connectivity index is 2.47. The van der Waals surface area contributed by atoms with Gasteiger partial charge in [-0.3, -0.25) is 9.36 Å². The zero-order valence-corrected chi connectivity index (χ0v) is 13.7. The van der Waals surface area contributed by atoms with Crippen molar-refractivity contribution in [3.8, 4) is 5.69 Å². The van der Waals surface area contributed by atoms with E-state index in [2.05, 4.69) is 26.1 Å². The topological polar surface area (TPSA) is 68.0 Å². The number of aromatic nitrogens is 3. The quantitative estimate of drug-likeness (QED) is 0.853. The average molecular weight is 356 g/mol. The maximum atomic E-state index is 10.7. The summed E-state index contributed by atoms with van der Waals surface area (Å²) >= 11 is 4.70. The third-order valence-electron chi connectivity index (χ3n) is 2.80. The molecule has 1 aromatic carbocycles. The summed E-state index contributed by atoms with van der Waals surface area (Å²) in [4.78, 5) is 10.7. The molecular weight excluding hydrogens is 342 g/mol. The Hall–Kier alpha value is -1.34. The number of carboxylic acids is 1. The number of aryl methyl sites for hydroxylation is 3. The number of benzene rings is 1. The number of carbonyl (C=O) groups is 1. The standard InChI is InChI=1S/C13H14BrN3O2S/c1-7-4-10(5-8(2)12(7)14)17-9(3)15-16-13(17)20-6-11(18)19/h4-5H,6H2,1-3H3,(H,18,19). The van der Waals surface area contributed by atoms with Crippen molar-refractivity contribution in [3.63, 3.8) is 0 Å². The molecule has 0 saturated carbocycles. The van der Waals surface area contributed by atoms with Gasteiger partial charge in [-0.15, -0.1) is 10.2 Å². The average Bonchev–Trinajstić information content (AvgIpc) is 2.74. The van der Waals surface area contributed by atoms with E-state index < -0.39 is 5.97 Å². The highest BCUT2D eigenvalue weighted by Gasteiger charge is 2.14. The molecule has 1 aromatic heterocycles. The molecule has 106 valence electrons. The summed E-state index contributed by atoms with van der Waals surface area (Å²) in [6, 6.07) is 4.05. The second-order valence-corrected chi connectivity index (χ2v) is 6.18. The van der Waals surface area contributed by atoms with Crippen LogP contribution in [0.4, 0.5) is 0 Å². The summed E-state index contributed by atoms with van der Waals surface area (Å²) in [5, 5.41) is 17.5. The van der Waals surface area contributed by atoms with Crippen LogP contribution in [0.3, 0.4) is 0 Å². The van der Waals surface area contributed by atoms with Gasteiger partial charge in [0.2, 0.25) is 0 Å². The second-order valence-electron chi connectivity index (χ2n) is 4.44. The first kappa shape index (κ1) is 15.1. The Morgan fingerprint density at radius 2 is 1.90 bits per heavy atom. The van der Waals surface area contributed by atoms with Gasteiger partial charge in [-0.05, 0) is 44.0 Å². The highest BCUT2D eigenvalue weighted by molar-refractivity contribution is 9.10. The van der Waals surface area contributed by atoms with Gasteiger partial charge in [0.05, 0.1) is 5.75 Å². The van der Waals surface area contributed by atoms with Gasteiger partial charge < -0.3 is 5.11 Å². The van der Waals surface area contributed by atoms with E-state index in [9.17, 15) is 4.79 Å². The van der Waals surface area contributed by atoms with Crippen LogP contribution in [-0.2, 0) is 4.79 Å². The Labute approximate surface area is 129 Å². The van der Waals surface area contributed by atoms with Crippen LogP contribution in [0, 0.1) is 20.8 Å². The number of halogens is 1. The molecular formula is C13H14BrN3O2S. The lowest BCUT2D eigenvalue weighted by Crippen LogP contribution is -2.04. The molecule has 0 aliphatic carbocycles. The molecule has 5 nitrogen and oxygen atoms in total. The number of hydrogen-bond acceptors (Lipinski definition) is 4. The summed E-state index contributed by atoms with van der Waals surface area (Å²) in [6.45, 7) is 5.89. The van der Waals surface area contributed by atoms with Crippen LogP contribution in [0.5, 0.6) is 0 Å². The molecule has 1 heterocycles. The minimum atomic E-state index is -0.870. The summed E-state index contributed by atoms with van der Waals surface area (Å²) in [6.07, 6.45) is 0. The van der Waals surface area contributed by atoms with E-state index in [1.165, 1.54) is 0 Å². The van der Waals surface area contributed by atoms with E-state index in [0.29, 0.717) is 5.16 Å². The van der Waals surface area contributed by atoms with Crippen LogP contribution in [0.25, 0.3) is 5.69 Å². The van der Waals surface area contributed by atoms with Crippen molar-refractivity contribution in [3.05, 3.63) is 33.6 Å². The number of rotatable bonds is 4. The molecule has 2 aromatic rings. The van der Waals surface area contributed by atoms with E-state index in [1.54, 1.807) is 0 Å². The smallest absolute Gasteiger partial charge is 0.313 e. The van der Waals surface area contributed by atoms with Crippen LogP contribution in [0.2, 0.25) is 0 Å². The number of carboxylic acid groups (broad SMARTS) is 1. The van der Waals surface area contributed by atoms with E-state index in [-0.39, 0.29) is 5.75 Å². The minimum Gasteiger partial charge on any atom is -0.481 e. The van der Waals surface area contributed by atoms with Gasteiger partial charge in [0.15, 0.2) is 5.16 Å². The maximum Gasteiger partial charge on any atom is 0.313 e. The number of aliphatic carboxylic acids is 1. The summed E-state index contributed by atoms with van der Waals surface area (Å²) in [5.74, 6) is -0.170. The van der Waals surface area contributed by atoms with Crippen molar-refractivity contribution >= 4 is 33.7 Å². The van der Waals surface area contributed by atoms with Gasteiger partial charge in [0.25, 0.3) is 0 Å². The molecule has 0 aliphatic rings. The molecule has 20 heavy (non-hydrogen) atoms. The maximum absolute atomic E-state index is 10.7. The van der Waals surface area contributed by atoms with Crippen LogP contribution < -0.4 is 0 Å². The van der Waals surface area contributed by atoms with Gasteiger partial charge in [-0.25, -0.2) is 0 Å². The molecule has 1 N–H and O–H groups in total. The monoisotopic (exact) mass is 355 g/mol. The minimum absolute atomic E-state index is 0.0351. The fourth-order valence-corrected chi connectivity index (χ4v) is 2.86. The third-order valence-corrected chi connectivity index (χ3v) is 4.96.